The van der Waals surface area contributed by atoms with Crippen LogP contribution in [-0.4, -0.2) is 12.0 Å². The molecular formula is C12H17NO2. The van der Waals surface area contributed by atoms with Gasteiger partial charge in [0.1, 0.15) is 5.75 Å². The third kappa shape index (κ3) is 2.29. The number of ether oxygens (including phenoxy) is 1. The monoisotopic (exact) mass is 207 g/mol. The van der Waals surface area contributed by atoms with E-state index in [0.717, 1.165) is 17.0 Å². The molecule has 15 heavy (non-hydrogen) atoms. The van der Waals surface area contributed by atoms with Gasteiger partial charge >= 0.3 is 0 Å². The number of anilines is 1. The quantitative estimate of drug-likeness (QED) is 0.710. The number of para-hydroxylation sites is 1. The van der Waals surface area contributed by atoms with Gasteiger partial charge in [0.2, 0.25) is 0 Å². The minimum Gasteiger partial charge on any atom is -0.479 e. The summed E-state index contributed by atoms with van der Waals surface area (Å²) < 4.78 is 5.41. The highest BCUT2D eigenvalue weighted by molar-refractivity contribution is 5.98. The van der Waals surface area contributed by atoms with Gasteiger partial charge in [-0.3, -0.25) is 4.79 Å². The largest absolute Gasteiger partial charge is 0.479 e. The van der Waals surface area contributed by atoms with Crippen molar-refractivity contribution in [2.75, 3.05) is 5.32 Å². The van der Waals surface area contributed by atoms with Crippen LogP contribution in [0.15, 0.2) is 18.2 Å². The molecule has 1 aliphatic heterocycles. The van der Waals surface area contributed by atoms with Gasteiger partial charge in [0.05, 0.1) is 5.69 Å². The van der Waals surface area contributed by atoms with Gasteiger partial charge in [-0.1, -0.05) is 26.0 Å². The molecule has 1 aromatic carbocycles. The molecule has 0 aliphatic carbocycles. The summed E-state index contributed by atoms with van der Waals surface area (Å²) in [7, 11) is 0. The molecule has 3 nitrogen and oxygen atoms in total. The summed E-state index contributed by atoms with van der Waals surface area (Å²) in [5, 5.41) is 2.81. The Bertz CT molecular complexity index is 361. The Morgan fingerprint density at radius 2 is 2.00 bits per heavy atom. The van der Waals surface area contributed by atoms with Crippen molar-refractivity contribution in [1.29, 1.82) is 0 Å². The first kappa shape index (κ1) is 11.6. The molecule has 2 rings (SSSR count). The first-order valence-corrected chi connectivity index (χ1v) is 5.25. The number of amides is 1. The van der Waals surface area contributed by atoms with Gasteiger partial charge in [0.15, 0.2) is 6.10 Å². The second kappa shape index (κ2) is 4.82. The summed E-state index contributed by atoms with van der Waals surface area (Å²) in [6, 6.07) is 5.72. The highest BCUT2D eigenvalue weighted by Gasteiger charge is 2.23. The first-order valence-electron chi connectivity index (χ1n) is 5.25. The molecule has 1 heterocycles. The summed E-state index contributed by atoms with van der Waals surface area (Å²) in [6.07, 6.45) is -0.394. The summed E-state index contributed by atoms with van der Waals surface area (Å²) in [5.41, 5.74) is 1.82. The normalized spacial score (nSPS) is 17.9. The predicted octanol–water partition coefficient (Wildman–Crippen LogP) is 2.74. The van der Waals surface area contributed by atoms with E-state index < -0.39 is 6.10 Å². The molecule has 1 N–H and O–H groups in total. The van der Waals surface area contributed by atoms with Gasteiger partial charge < -0.3 is 10.1 Å². The topological polar surface area (TPSA) is 38.3 Å². The van der Waals surface area contributed by atoms with Crippen LogP contribution in [0.1, 0.15) is 26.3 Å². The van der Waals surface area contributed by atoms with E-state index in [0.29, 0.717) is 0 Å². The number of carbonyl (C=O) groups excluding carboxylic acids is 1. The predicted molar refractivity (Wildman–Crippen MR) is 61.2 cm³/mol. The zero-order valence-corrected chi connectivity index (χ0v) is 9.63. The maximum atomic E-state index is 11.3. The number of hydrogen-bond acceptors (Lipinski definition) is 2. The summed E-state index contributed by atoms with van der Waals surface area (Å²) in [5.74, 6) is 0.675. The smallest absolute Gasteiger partial charge is 0.265 e. The molecule has 0 radical (unpaired) electrons. The Morgan fingerprint density at radius 3 is 2.67 bits per heavy atom. The van der Waals surface area contributed by atoms with Gasteiger partial charge in [-0.25, -0.2) is 0 Å². The lowest BCUT2D eigenvalue weighted by molar-refractivity contribution is -0.122. The SMILES string of the molecule is CC.Cc1cccc2c1NC(=O)C(C)O2. The molecule has 1 atom stereocenters. The number of fused-ring (bicyclic) bond motifs is 1. The van der Waals surface area contributed by atoms with Gasteiger partial charge in [-0.05, 0) is 25.5 Å². The molecule has 1 amide bonds. The fourth-order valence-corrected chi connectivity index (χ4v) is 1.37. The molecule has 0 fully saturated rings. The highest BCUT2D eigenvalue weighted by Crippen LogP contribution is 2.31. The summed E-state index contributed by atoms with van der Waals surface area (Å²) >= 11 is 0. The van der Waals surface area contributed by atoms with E-state index in [1.54, 1.807) is 6.92 Å². The third-order valence-electron chi connectivity index (χ3n) is 2.16. The molecule has 1 aromatic rings. The minimum absolute atomic E-state index is 0.0817. The molecular weight excluding hydrogens is 190 g/mol. The van der Waals surface area contributed by atoms with Crippen molar-refractivity contribution < 1.29 is 9.53 Å². The van der Waals surface area contributed by atoms with Crippen molar-refractivity contribution in [3.05, 3.63) is 23.8 Å². The molecule has 0 saturated heterocycles. The Labute approximate surface area is 90.4 Å². The Balaban J connectivity index is 0.000000531. The molecule has 1 aliphatic rings. The van der Waals surface area contributed by atoms with Crippen molar-refractivity contribution >= 4 is 11.6 Å². The summed E-state index contributed by atoms with van der Waals surface area (Å²) in [4.78, 5) is 11.3. The van der Waals surface area contributed by atoms with Crippen LogP contribution in [0.2, 0.25) is 0 Å². The van der Waals surface area contributed by atoms with Crippen molar-refractivity contribution in [3.63, 3.8) is 0 Å². The van der Waals surface area contributed by atoms with E-state index in [1.807, 2.05) is 39.0 Å². The van der Waals surface area contributed by atoms with E-state index in [9.17, 15) is 4.79 Å². The minimum atomic E-state index is -0.394. The zero-order valence-electron chi connectivity index (χ0n) is 9.63. The summed E-state index contributed by atoms with van der Waals surface area (Å²) in [6.45, 7) is 7.68. The average molecular weight is 207 g/mol. The number of benzene rings is 1. The van der Waals surface area contributed by atoms with Crippen LogP contribution in [-0.2, 0) is 4.79 Å². The van der Waals surface area contributed by atoms with Gasteiger partial charge in [-0.2, -0.15) is 0 Å². The van der Waals surface area contributed by atoms with Crippen LogP contribution < -0.4 is 10.1 Å². The number of hydrogen-bond donors (Lipinski definition) is 1. The van der Waals surface area contributed by atoms with E-state index >= 15 is 0 Å². The molecule has 0 saturated carbocycles. The highest BCUT2D eigenvalue weighted by atomic mass is 16.5. The standard InChI is InChI=1S/C10H11NO2.C2H6/c1-6-4-3-5-8-9(6)11-10(12)7(2)13-8;1-2/h3-5,7H,1-2H3,(H,11,12);1-2H3. The second-order valence-corrected chi connectivity index (χ2v) is 3.20. The lowest BCUT2D eigenvalue weighted by atomic mass is 10.1. The van der Waals surface area contributed by atoms with Crippen LogP contribution in [0.25, 0.3) is 0 Å². The van der Waals surface area contributed by atoms with E-state index in [-0.39, 0.29) is 5.91 Å². The molecule has 1 unspecified atom stereocenters. The fraction of sp³-hybridized carbons (Fsp3) is 0.417. The van der Waals surface area contributed by atoms with Crippen molar-refractivity contribution in [2.45, 2.75) is 33.8 Å². The Kier molecular flexibility index (Phi) is 3.72. The van der Waals surface area contributed by atoms with Gasteiger partial charge in [0.25, 0.3) is 5.91 Å². The fourth-order valence-electron chi connectivity index (χ4n) is 1.37. The van der Waals surface area contributed by atoms with Gasteiger partial charge in [0, 0.05) is 0 Å². The van der Waals surface area contributed by atoms with Crippen LogP contribution >= 0.6 is 0 Å². The van der Waals surface area contributed by atoms with Crippen LogP contribution in [0.4, 0.5) is 5.69 Å². The number of carbonyl (C=O) groups is 1. The Morgan fingerprint density at radius 1 is 1.33 bits per heavy atom. The van der Waals surface area contributed by atoms with E-state index in [2.05, 4.69) is 5.32 Å². The molecule has 82 valence electrons. The first-order chi connectivity index (χ1) is 7.18. The van der Waals surface area contributed by atoms with E-state index in [1.165, 1.54) is 0 Å². The lowest BCUT2D eigenvalue weighted by Gasteiger charge is -2.24. The van der Waals surface area contributed by atoms with Gasteiger partial charge in [-0.15, -0.1) is 0 Å². The average Bonchev–Trinajstić information content (AvgIpc) is 2.24. The second-order valence-electron chi connectivity index (χ2n) is 3.20. The van der Waals surface area contributed by atoms with Crippen LogP contribution in [0.3, 0.4) is 0 Å². The molecule has 0 aromatic heterocycles. The third-order valence-corrected chi connectivity index (χ3v) is 2.16. The lowest BCUT2D eigenvalue weighted by Crippen LogP contribution is -2.34. The van der Waals surface area contributed by atoms with Crippen molar-refractivity contribution in [1.82, 2.24) is 0 Å². The maximum Gasteiger partial charge on any atom is 0.265 e. The van der Waals surface area contributed by atoms with E-state index in [4.69, 9.17) is 4.74 Å². The Hall–Kier alpha value is -1.51. The zero-order chi connectivity index (χ0) is 11.4. The van der Waals surface area contributed by atoms with Crippen molar-refractivity contribution in [2.24, 2.45) is 0 Å². The number of nitrogens with one attached hydrogen (secondary N) is 1. The maximum absolute atomic E-state index is 11.3. The molecule has 0 bridgehead atoms. The number of rotatable bonds is 0. The van der Waals surface area contributed by atoms with Crippen LogP contribution in [0.5, 0.6) is 5.75 Å². The molecule has 3 heteroatoms. The number of aryl methyl sites for hydroxylation is 1. The van der Waals surface area contributed by atoms with Crippen LogP contribution in [0, 0.1) is 6.92 Å². The van der Waals surface area contributed by atoms with Crippen molar-refractivity contribution in [3.8, 4) is 5.75 Å². The molecule has 0 spiro atoms.